The van der Waals surface area contributed by atoms with E-state index in [2.05, 4.69) is 10.6 Å². The first kappa shape index (κ1) is 20.1. The topological polar surface area (TPSA) is 114 Å². The van der Waals surface area contributed by atoms with Gasteiger partial charge in [0.25, 0.3) is 11.8 Å². The van der Waals surface area contributed by atoms with Gasteiger partial charge in [-0.25, -0.2) is 4.79 Å². The lowest BCUT2D eigenvalue weighted by molar-refractivity contribution is -0.147. The highest BCUT2D eigenvalue weighted by molar-refractivity contribution is 5.97. The van der Waals surface area contributed by atoms with Crippen LogP contribution in [0.5, 0.6) is 0 Å². The molecule has 0 aliphatic carbocycles. The summed E-state index contributed by atoms with van der Waals surface area (Å²) in [6.45, 7) is 5.11. The molecule has 1 aromatic carbocycles. The van der Waals surface area contributed by atoms with Gasteiger partial charge in [0, 0.05) is 12.1 Å². The molecular weight excluding hydrogens is 326 g/mol. The van der Waals surface area contributed by atoms with Crippen LogP contribution in [-0.2, 0) is 14.3 Å². The third-order valence-electron chi connectivity index (χ3n) is 2.96. The maximum absolute atomic E-state index is 11.9. The molecule has 0 unspecified atom stereocenters. The van der Waals surface area contributed by atoms with Crippen LogP contribution in [0.1, 0.15) is 29.8 Å². The highest BCUT2D eigenvalue weighted by Crippen LogP contribution is 2.03. The Morgan fingerprint density at radius 3 is 2.48 bits per heavy atom. The maximum atomic E-state index is 11.9. The fourth-order valence-electron chi connectivity index (χ4n) is 1.74. The molecule has 0 aliphatic rings. The minimum absolute atomic E-state index is 0.246. The third-order valence-corrected chi connectivity index (χ3v) is 2.96. The molecule has 0 saturated carbocycles. The number of amides is 4. The van der Waals surface area contributed by atoms with E-state index >= 15 is 0 Å². The zero-order valence-electron chi connectivity index (χ0n) is 14.5. The van der Waals surface area contributed by atoms with Gasteiger partial charge in [-0.3, -0.25) is 19.7 Å². The Labute approximate surface area is 146 Å². The number of rotatable bonds is 7. The molecule has 8 nitrogen and oxygen atoms in total. The summed E-state index contributed by atoms with van der Waals surface area (Å²) in [7, 11) is 0. The van der Waals surface area contributed by atoms with Crippen molar-refractivity contribution in [3.63, 3.8) is 0 Å². The summed E-state index contributed by atoms with van der Waals surface area (Å²) in [4.78, 5) is 46.2. The molecule has 1 aromatic rings. The molecule has 0 spiro atoms. The van der Waals surface area contributed by atoms with Crippen molar-refractivity contribution in [3.8, 4) is 0 Å². The van der Waals surface area contributed by atoms with Gasteiger partial charge >= 0.3 is 12.0 Å². The van der Waals surface area contributed by atoms with E-state index in [1.54, 1.807) is 18.2 Å². The highest BCUT2D eigenvalue weighted by atomic mass is 16.5. The summed E-state index contributed by atoms with van der Waals surface area (Å²) >= 11 is 0. The Bertz CT molecular complexity index is 643. The number of esters is 1. The predicted octanol–water partition coefficient (Wildman–Crippen LogP) is 0.750. The molecule has 1 rings (SSSR count). The van der Waals surface area contributed by atoms with Crippen molar-refractivity contribution in [2.24, 2.45) is 5.92 Å². The molecule has 0 bridgehead atoms. The van der Waals surface area contributed by atoms with Crippen LogP contribution in [0.2, 0.25) is 0 Å². The van der Waals surface area contributed by atoms with Crippen LogP contribution in [0.25, 0.3) is 0 Å². The van der Waals surface area contributed by atoms with Gasteiger partial charge in [-0.05, 0) is 25.0 Å². The van der Waals surface area contributed by atoms with Crippen molar-refractivity contribution in [1.82, 2.24) is 16.0 Å². The Morgan fingerprint density at radius 2 is 1.84 bits per heavy atom. The van der Waals surface area contributed by atoms with Gasteiger partial charge in [0.15, 0.2) is 6.61 Å². The number of urea groups is 1. The van der Waals surface area contributed by atoms with Gasteiger partial charge in [0.2, 0.25) is 0 Å². The van der Waals surface area contributed by atoms with E-state index in [4.69, 9.17) is 4.74 Å². The molecule has 25 heavy (non-hydrogen) atoms. The molecular formula is C17H23N3O5. The molecule has 4 amide bonds. The van der Waals surface area contributed by atoms with Crippen LogP contribution < -0.4 is 16.0 Å². The molecule has 8 heteroatoms. The summed E-state index contributed by atoms with van der Waals surface area (Å²) in [5.41, 5.74) is 1.34. The molecule has 0 aliphatic heterocycles. The van der Waals surface area contributed by atoms with Crippen molar-refractivity contribution >= 4 is 23.8 Å². The van der Waals surface area contributed by atoms with E-state index in [9.17, 15) is 19.2 Å². The van der Waals surface area contributed by atoms with Gasteiger partial charge in [0.1, 0.15) is 6.54 Å². The molecule has 0 fully saturated rings. The van der Waals surface area contributed by atoms with Crippen molar-refractivity contribution in [1.29, 1.82) is 0 Å². The summed E-state index contributed by atoms with van der Waals surface area (Å²) < 4.78 is 4.69. The average molecular weight is 349 g/mol. The van der Waals surface area contributed by atoms with Gasteiger partial charge in [-0.1, -0.05) is 31.5 Å². The van der Waals surface area contributed by atoms with Crippen molar-refractivity contribution in [3.05, 3.63) is 35.4 Å². The van der Waals surface area contributed by atoms with Gasteiger partial charge in [-0.2, -0.15) is 0 Å². The van der Waals surface area contributed by atoms with E-state index in [1.165, 1.54) is 0 Å². The van der Waals surface area contributed by atoms with E-state index in [1.807, 2.05) is 32.2 Å². The Hall–Kier alpha value is -2.90. The van der Waals surface area contributed by atoms with Crippen LogP contribution in [0.15, 0.2) is 24.3 Å². The Morgan fingerprint density at radius 1 is 1.12 bits per heavy atom. The Balaban J connectivity index is 2.27. The van der Waals surface area contributed by atoms with Crippen LogP contribution in [-0.4, -0.2) is 43.5 Å². The van der Waals surface area contributed by atoms with Gasteiger partial charge in [0.05, 0.1) is 0 Å². The predicted molar refractivity (Wildman–Crippen MR) is 90.9 cm³/mol. The normalized spacial score (nSPS) is 10.1. The lowest BCUT2D eigenvalue weighted by atomic mass is 10.1. The summed E-state index contributed by atoms with van der Waals surface area (Å²) in [5, 5.41) is 6.93. The molecule has 0 radical (unpaired) electrons. The van der Waals surface area contributed by atoms with E-state index in [0.29, 0.717) is 12.1 Å². The fourth-order valence-corrected chi connectivity index (χ4v) is 1.74. The maximum Gasteiger partial charge on any atom is 0.325 e. The molecule has 0 saturated heterocycles. The summed E-state index contributed by atoms with van der Waals surface area (Å²) in [6.07, 6.45) is 0. The number of carbonyl (C=O) groups excluding carboxylic acids is 4. The van der Waals surface area contributed by atoms with Gasteiger partial charge < -0.3 is 15.4 Å². The molecule has 0 heterocycles. The number of hydrogen-bond acceptors (Lipinski definition) is 5. The van der Waals surface area contributed by atoms with Gasteiger partial charge in [-0.15, -0.1) is 0 Å². The van der Waals surface area contributed by atoms with Crippen LogP contribution >= 0.6 is 0 Å². The van der Waals surface area contributed by atoms with Crippen LogP contribution in [0, 0.1) is 12.8 Å². The third kappa shape index (κ3) is 8.50. The van der Waals surface area contributed by atoms with E-state index in [-0.39, 0.29) is 12.5 Å². The molecule has 3 N–H and O–H groups in total. The summed E-state index contributed by atoms with van der Waals surface area (Å²) in [6, 6.07) is 6.24. The summed E-state index contributed by atoms with van der Waals surface area (Å²) in [5.74, 6) is -1.70. The second-order valence-corrected chi connectivity index (χ2v) is 5.86. The first-order valence-electron chi connectivity index (χ1n) is 7.86. The number of aryl methyl sites for hydroxylation is 1. The SMILES string of the molecule is Cc1cccc(C(=O)NCC(=O)OCC(=O)NC(=O)NCC(C)C)c1. The first-order chi connectivity index (χ1) is 11.8. The standard InChI is InChI=1S/C17H23N3O5/c1-11(2)8-19-17(24)20-14(21)10-25-15(22)9-18-16(23)13-6-4-5-12(3)7-13/h4-7,11H,8-10H2,1-3H3,(H,18,23)(H2,19,20,21,24). The number of nitrogens with one attached hydrogen (secondary N) is 3. The second kappa shape index (κ2) is 10.1. The number of imide groups is 1. The minimum Gasteiger partial charge on any atom is -0.454 e. The van der Waals surface area contributed by atoms with E-state index in [0.717, 1.165) is 5.56 Å². The molecule has 136 valence electrons. The molecule has 0 atom stereocenters. The zero-order chi connectivity index (χ0) is 18.8. The van der Waals surface area contributed by atoms with Crippen LogP contribution in [0.4, 0.5) is 4.79 Å². The second-order valence-electron chi connectivity index (χ2n) is 5.86. The number of ether oxygens (including phenoxy) is 1. The highest BCUT2D eigenvalue weighted by Gasteiger charge is 2.12. The number of benzene rings is 1. The van der Waals surface area contributed by atoms with Crippen molar-refractivity contribution in [2.75, 3.05) is 19.7 Å². The zero-order valence-corrected chi connectivity index (χ0v) is 14.5. The Kier molecular flexibility index (Phi) is 8.11. The average Bonchev–Trinajstić information content (AvgIpc) is 2.56. The van der Waals surface area contributed by atoms with Crippen LogP contribution in [0.3, 0.4) is 0 Å². The smallest absolute Gasteiger partial charge is 0.325 e. The van der Waals surface area contributed by atoms with Crippen molar-refractivity contribution in [2.45, 2.75) is 20.8 Å². The first-order valence-corrected chi connectivity index (χ1v) is 7.86. The number of carbonyl (C=O) groups is 4. The minimum atomic E-state index is -0.779. The largest absolute Gasteiger partial charge is 0.454 e. The van der Waals surface area contributed by atoms with E-state index < -0.39 is 30.4 Å². The molecule has 0 aromatic heterocycles. The fraction of sp³-hybridized carbons (Fsp3) is 0.412. The monoisotopic (exact) mass is 349 g/mol. The lowest BCUT2D eigenvalue weighted by Crippen LogP contribution is -2.43. The lowest BCUT2D eigenvalue weighted by Gasteiger charge is -2.09. The van der Waals surface area contributed by atoms with Crippen molar-refractivity contribution < 1.29 is 23.9 Å². The quantitative estimate of drug-likeness (QED) is 0.629. The number of hydrogen-bond donors (Lipinski definition) is 3.